The number of hydrogen-bond acceptors (Lipinski definition) is 3. The third-order valence-electron chi connectivity index (χ3n) is 3.58. The monoisotopic (exact) mass is 298 g/mol. The molecule has 1 aromatic carbocycles. The number of amides is 1. The molecular formula is C15H20F2N2O2. The van der Waals surface area contributed by atoms with Crippen LogP contribution < -0.4 is 10.1 Å². The van der Waals surface area contributed by atoms with E-state index in [0.717, 1.165) is 25.9 Å². The van der Waals surface area contributed by atoms with Gasteiger partial charge in [-0.25, -0.2) is 0 Å². The van der Waals surface area contributed by atoms with Crippen molar-refractivity contribution in [2.75, 3.05) is 13.1 Å². The van der Waals surface area contributed by atoms with Gasteiger partial charge in [-0.3, -0.25) is 4.79 Å². The quantitative estimate of drug-likeness (QED) is 0.877. The summed E-state index contributed by atoms with van der Waals surface area (Å²) in [5.41, 5.74) is 0.610. The highest BCUT2D eigenvalue weighted by atomic mass is 19.3. The summed E-state index contributed by atoms with van der Waals surface area (Å²) in [5, 5.41) is 3.07. The van der Waals surface area contributed by atoms with Crippen LogP contribution in [0.3, 0.4) is 0 Å². The van der Waals surface area contributed by atoms with Gasteiger partial charge in [-0.05, 0) is 25.8 Å². The summed E-state index contributed by atoms with van der Waals surface area (Å²) >= 11 is 0. The Labute approximate surface area is 123 Å². The van der Waals surface area contributed by atoms with Gasteiger partial charge in [0, 0.05) is 25.2 Å². The van der Waals surface area contributed by atoms with Gasteiger partial charge in [0.1, 0.15) is 5.75 Å². The first kappa shape index (κ1) is 15.7. The molecule has 1 atom stereocenters. The number of halogens is 2. The molecule has 116 valence electrons. The van der Waals surface area contributed by atoms with E-state index in [1.165, 1.54) is 6.07 Å². The van der Waals surface area contributed by atoms with Gasteiger partial charge in [0.05, 0.1) is 6.04 Å². The van der Waals surface area contributed by atoms with Crippen molar-refractivity contribution in [3.8, 4) is 5.75 Å². The van der Waals surface area contributed by atoms with Crippen molar-refractivity contribution in [2.24, 2.45) is 0 Å². The molecule has 21 heavy (non-hydrogen) atoms. The minimum Gasteiger partial charge on any atom is -0.434 e. The van der Waals surface area contributed by atoms with E-state index in [2.05, 4.69) is 10.1 Å². The van der Waals surface area contributed by atoms with Gasteiger partial charge in [-0.1, -0.05) is 18.2 Å². The molecule has 0 aliphatic carbocycles. The van der Waals surface area contributed by atoms with Crippen molar-refractivity contribution >= 4 is 5.91 Å². The Morgan fingerprint density at radius 1 is 1.33 bits per heavy atom. The third kappa shape index (κ3) is 4.39. The zero-order valence-electron chi connectivity index (χ0n) is 12.0. The van der Waals surface area contributed by atoms with Gasteiger partial charge >= 0.3 is 6.61 Å². The fourth-order valence-corrected chi connectivity index (χ4v) is 2.42. The van der Waals surface area contributed by atoms with Gasteiger partial charge < -0.3 is 15.0 Å². The zero-order chi connectivity index (χ0) is 15.2. The van der Waals surface area contributed by atoms with E-state index in [0.29, 0.717) is 12.1 Å². The highest BCUT2D eigenvalue weighted by Crippen LogP contribution is 2.20. The van der Waals surface area contributed by atoms with Gasteiger partial charge in [0.15, 0.2) is 0 Å². The number of rotatable bonds is 6. The Bertz CT molecular complexity index is 476. The van der Waals surface area contributed by atoms with Crippen LogP contribution >= 0.6 is 0 Å². The van der Waals surface area contributed by atoms with Crippen LogP contribution in [-0.2, 0) is 11.3 Å². The Morgan fingerprint density at radius 2 is 2.00 bits per heavy atom. The van der Waals surface area contributed by atoms with E-state index < -0.39 is 6.61 Å². The Morgan fingerprint density at radius 3 is 2.67 bits per heavy atom. The molecular weight excluding hydrogens is 278 g/mol. The number of carbonyl (C=O) groups is 1. The molecule has 1 aliphatic rings. The van der Waals surface area contributed by atoms with Crippen molar-refractivity contribution in [3.05, 3.63) is 29.8 Å². The van der Waals surface area contributed by atoms with Crippen LogP contribution in [0.5, 0.6) is 5.75 Å². The highest BCUT2D eigenvalue weighted by molar-refractivity contribution is 5.81. The fourth-order valence-electron chi connectivity index (χ4n) is 2.42. The largest absolute Gasteiger partial charge is 0.434 e. The molecule has 1 saturated heterocycles. The molecule has 6 heteroatoms. The minimum absolute atomic E-state index is 0.0553. The van der Waals surface area contributed by atoms with Gasteiger partial charge in [0.2, 0.25) is 5.91 Å². The summed E-state index contributed by atoms with van der Waals surface area (Å²) in [6.45, 7) is 0.849. The Balaban J connectivity index is 1.91. The summed E-state index contributed by atoms with van der Waals surface area (Å²) in [6, 6.07) is 6.25. The molecule has 0 aromatic heterocycles. The predicted molar refractivity (Wildman–Crippen MR) is 75.2 cm³/mol. The molecule has 4 nitrogen and oxygen atoms in total. The molecule has 1 aliphatic heterocycles. The second-order valence-electron chi connectivity index (χ2n) is 5.12. The number of nitrogens with one attached hydrogen (secondary N) is 1. The first-order chi connectivity index (χ1) is 10.1. The van der Waals surface area contributed by atoms with Crippen LogP contribution in [0.4, 0.5) is 8.78 Å². The van der Waals surface area contributed by atoms with Gasteiger partial charge in [0.25, 0.3) is 0 Å². The van der Waals surface area contributed by atoms with Gasteiger partial charge in [-0.15, -0.1) is 0 Å². The normalized spacial score (nSPS) is 16.3. The maximum Gasteiger partial charge on any atom is 0.387 e. The van der Waals surface area contributed by atoms with E-state index >= 15 is 0 Å². The van der Waals surface area contributed by atoms with E-state index in [1.54, 1.807) is 25.1 Å². The Hall–Kier alpha value is -1.69. The zero-order valence-corrected chi connectivity index (χ0v) is 12.0. The number of ether oxygens (including phenoxy) is 1. The highest BCUT2D eigenvalue weighted by Gasteiger charge is 2.23. The first-order valence-electron chi connectivity index (χ1n) is 7.13. The SMILES string of the molecule is CC(NCc1ccccc1OC(F)F)C(=O)N1CCCC1. The number of hydrogen-bond donors (Lipinski definition) is 1. The van der Waals surface area contributed by atoms with Crippen LogP contribution in [0.25, 0.3) is 0 Å². The summed E-state index contributed by atoms with van der Waals surface area (Å²) < 4.78 is 29.1. The van der Waals surface area contributed by atoms with Crippen LogP contribution in [0, 0.1) is 0 Å². The van der Waals surface area contributed by atoms with Crippen molar-refractivity contribution in [3.63, 3.8) is 0 Å². The summed E-state index contributed by atoms with van der Waals surface area (Å²) in [4.78, 5) is 14.0. The molecule has 0 saturated carbocycles. The molecule has 1 unspecified atom stereocenters. The Kier molecular flexibility index (Phi) is 5.50. The molecule has 1 fully saturated rings. The number of benzene rings is 1. The van der Waals surface area contributed by atoms with Crippen LogP contribution in [0.15, 0.2) is 24.3 Å². The average molecular weight is 298 g/mol. The lowest BCUT2D eigenvalue weighted by Crippen LogP contribution is -2.43. The lowest BCUT2D eigenvalue weighted by molar-refractivity contribution is -0.132. The number of nitrogens with zero attached hydrogens (tertiary/aromatic N) is 1. The molecule has 1 N–H and O–H groups in total. The number of alkyl halides is 2. The molecule has 1 aromatic rings. The number of likely N-dealkylation sites (tertiary alicyclic amines) is 1. The number of para-hydroxylation sites is 1. The molecule has 0 spiro atoms. The van der Waals surface area contributed by atoms with Crippen molar-refractivity contribution in [2.45, 2.75) is 39.0 Å². The van der Waals surface area contributed by atoms with Crippen LogP contribution in [0.2, 0.25) is 0 Å². The predicted octanol–water partition coefficient (Wildman–Crippen LogP) is 2.39. The first-order valence-corrected chi connectivity index (χ1v) is 7.13. The van der Waals surface area contributed by atoms with Crippen molar-refractivity contribution in [1.82, 2.24) is 10.2 Å². The van der Waals surface area contributed by atoms with E-state index in [4.69, 9.17) is 0 Å². The molecule has 0 bridgehead atoms. The lowest BCUT2D eigenvalue weighted by atomic mass is 10.2. The van der Waals surface area contributed by atoms with Crippen molar-refractivity contribution < 1.29 is 18.3 Å². The maximum atomic E-state index is 12.3. The van der Waals surface area contributed by atoms with E-state index in [-0.39, 0.29) is 17.7 Å². The second-order valence-corrected chi connectivity index (χ2v) is 5.12. The summed E-state index contributed by atoms with van der Waals surface area (Å²) in [6.07, 6.45) is 2.09. The molecule has 2 rings (SSSR count). The topological polar surface area (TPSA) is 41.6 Å². The minimum atomic E-state index is -2.85. The van der Waals surface area contributed by atoms with E-state index in [1.807, 2.05) is 4.90 Å². The molecule has 1 heterocycles. The van der Waals surface area contributed by atoms with Crippen LogP contribution in [-0.4, -0.2) is 36.5 Å². The summed E-state index contributed by atoms with van der Waals surface area (Å²) in [5.74, 6) is 0.195. The lowest BCUT2D eigenvalue weighted by Gasteiger charge is -2.21. The average Bonchev–Trinajstić information content (AvgIpc) is 2.98. The maximum absolute atomic E-state index is 12.3. The standard InChI is InChI=1S/C15H20F2N2O2/c1-11(14(20)19-8-4-5-9-19)18-10-12-6-2-3-7-13(12)21-15(16)17/h2-3,6-7,11,15,18H,4-5,8-10H2,1H3. The number of carbonyl (C=O) groups excluding carboxylic acids is 1. The van der Waals surface area contributed by atoms with Crippen molar-refractivity contribution in [1.29, 1.82) is 0 Å². The smallest absolute Gasteiger partial charge is 0.387 e. The molecule has 1 amide bonds. The molecule has 0 radical (unpaired) electrons. The summed E-state index contributed by atoms with van der Waals surface area (Å²) in [7, 11) is 0. The third-order valence-corrected chi connectivity index (χ3v) is 3.58. The fraction of sp³-hybridized carbons (Fsp3) is 0.533. The van der Waals surface area contributed by atoms with E-state index in [9.17, 15) is 13.6 Å². The van der Waals surface area contributed by atoms with Gasteiger partial charge in [-0.2, -0.15) is 8.78 Å². The second kappa shape index (κ2) is 7.36. The van der Waals surface area contributed by atoms with Crippen LogP contribution in [0.1, 0.15) is 25.3 Å².